The Labute approximate surface area is 322 Å². The number of hydrogen-bond acceptors (Lipinski definition) is 9. The second kappa shape index (κ2) is 18.6. The molecule has 0 saturated carbocycles. The summed E-state index contributed by atoms with van der Waals surface area (Å²) in [7, 11) is 0. The van der Waals surface area contributed by atoms with E-state index < -0.39 is 6.04 Å². The van der Waals surface area contributed by atoms with Crippen molar-refractivity contribution in [3.05, 3.63) is 101 Å². The maximum absolute atomic E-state index is 13.9. The third-order valence-corrected chi connectivity index (χ3v) is 10.4. The number of nitrogens with one attached hydrogen (secondary N) is 1. The fourth-order valence-corrected chi connectivity index (χ4v) is 7.13. The lowest BCUT2D eigenvalue weighted by molar-refractivity contribution is -0.132. The zero-order valence-electron chi connectivity index (χ0n) is 31.5. The van der Waals surface area contributed by atoms with E-state index in [-0.39, 0.29) is 23.1 Å². The summed E-state index contributed by atoms with van der Waals surface area (Å²) in [5, 5.41) is 5.18. The topological polar surface area (TPSA) is 114 Å². The summed E-state index contributed by atoms with van der Waals surface area (Å²) in [6.07, 6.45) is 3.02. The van der Waals surface area contributed by atoms with Crippen LogP contribution in [-0.2, 0) is 30.3 Å². The Balaban J connectivity index is 0.951. The Morgan fingerprint density at radius 3 is 2.17 bits per heavy atom. The number of fused-ring (bicyclic) bond motifs is 1. The number of hydrogen-bond donors (Lipinski definition) is 1. The number of carbonyl (C=O) groups excluding carboxylic acids is 3. The normalized spacial score (nSPS) is 15.0. The number of piperazine rings is 1. The molecule has 1 atom stereocenters. The van der Waals surface area contributed by atoms with Crippen molar-refractivity contribution in [1.29, 1.82) is 0 Å². The number of carbonyl (C=O) groups is 3. The number of ether oxygens (including phenoxy) is 3. The highest BCUT2D eigenvalue weighted by molar-refractivity contribution is 7.13. The van der Waals surface area contributed by atoms with Crippen molar-refractivity contribution in [1.82, 2.24) is 14.8 Å². The SMILES string of the molecule is CC(C)(C)CCOCCOCCOCCC(=O)N1CCN(c2ccc(-c3ccc4c(c3)C(=O)N(C(C(=O)Nc3nccs3)c3ccccc3)C4)cc2)CC1. The molecule has 0 spiro atoms. The molecule has 1 N–H and O–H groups in total. The fourth-order valence-electron chi connectivity index (χ4n) is 6.60. The minimum atomic E-state index is -0.800. The number of benzene rings is 3. The Morgan fingerprint density at radius 2 is 1.50 bits per heavy atom. The Morgan fingerprint density at radius 1 is 0.833 bits per heavy atom. The highest BCUT2D eigenvalue weighted by Crippen LogP contribution is 2.35. The molecule has 1 saturated heterocycles. The van der Waals surface area contributed by atoms with Crippen molar-refractivity contribution in [2.75, 3.05) is 76.0 Å². The standard InChI is InChI=1S/C42H51N5O6S/c1-42(2,3)16-23-52-25-27-53-26-24-51-22-15-37(48)46-20-18-45(19-21-46)35-13-11-31(12-14-35)33-9-10-34-30-47(40(50)36(34)29-33)38(32-7-5-4-6-8-32)39(49)44-41-43-17-28-54-41/h4-14,17,28-29,38H,15-16,18-27,30H2,1-3H3,(H,43,44,49). The van der Waals surface area contributed by atoms with Gasteiger partial charge in [0.25, 0.3) is 11.8 Å². The molecule has 1 unspecified atom stereocenters. The Kier molecular flexibility index (Phi) is 13.5. The molecule has 1 fully saturated rings. The predicted octanol–water partition coefficient (Wildman–Crippen LogP) is 6.67. The quantitative estimate of drug-likeness (QED) is 0.119. The van der Waals surface area contributed by atoms with Crippen LogP contribution in [0.4, 0.5) is 10.8 Å². The molecule has 0 bridgehead atoms. The van der Waals surface area contributed by atoms with Crippen molar-refractivity contribution < 1.29 is 28.6 Å². The van der Waals surface area contributed by atoms with Crippen molar-refractivity contribution in [2.24, 2.45) is 5.41 Å². The van der Waals surface area contributed by atoms with Crippen LogP contribution in [-0.4, -0.2) is 98.3 Å². The van der Waals surface area contributed by atoms with Crippen LogP contribution in [0.25, 0.3) is 11.1 Å². The third kappa shape index (κ3) is 10.5. The van der Waals surface area contributed by atoms with Gasteiger partial charge in [-0.15, -0.1) is 11.3 Å². The maximum atomic E-state index is 13.9. The lowest BCUT2D eigenvalue weighted by Gasteiger charge is -2.36. The van der Waals surface area contributed by atoms with Gasteiger partial charge >= 0.3 is 0 Å². The number of thiazole rings is 1. The summed E-state index contributed by atoms with van der Waals surface area (Å²) in [6.45, 7) is 12.9. The minimum Gasteiger partial charge on any atom is -0.379 e. The number of amides is 3. The van der Waals surface area contributed by atoms with Crippen LogP contribution < -0.4 is 10.2 Å². The lowest BCUT2D eigenvalue weighted by atomic mass is 9.93. The number of rotatable bonds is 17. The highest BCUT2D eigenvalue weighted by Gasteiger charge is 2.38. The van der Waals surface area contributed by atoms with Crippen LogP contribution in [0.2, 0.25) is 0 Å². The van der Waals surface area contributed by atoms with E-state index >= 15 is 0 Å². The molecule has 11 nitrogen and oxygen atoms in total. The summed E-state index contributed by atoms with van der Waals surface area (Å²) in [6, 6.07) is 22.9. The largest absolute Gasteiger partial charge is 0.379 e. The summed E-state index contributed by atoms with van der Waals surface area (Å²) in [5.74, 6) is -0.366. The van der Waals surface area contributed by atoms with Crippen molar-refractivity contribution in [3.63, 3.8) is 0 Å². The van der Waals surface area contributed by atoms with Gasteiger partial charge in [0.15, 0.2) is 5.13 Å². The molecule has 6 rings (SSSR count). The maximum Gasteiger partial charge on any atom is 0.255 e. The van der Waals surface area contributed by atoms with Crippen molar-refractivity contribution in [2.45, 2.75) is 46.2 Å². The fraction of sp³-hybridized carbons (Fsp3) is 0.429. The molecule has 2 aliphatic heterocycles. The smallest absolute Gasteiger partial charge is 0.255 e. The Hall–Kier alpha value is -4.62. The first kappa shape index (κ1) is 39.1. The molecule has 1 aromatic heterocycles. The molecule has 0 aliphatic carbocycles. The monoisotopic (exact) mass is 753 g/mol. The van der Waals surface area contributed by atoms with Gasteiger partial charge in [0, 0.05) is 62.2 Å². The van der Waals surface area contributed by atoms with Crippen LogP contribution in [0.15, 0.2) is 84.4 Å². The lowest BCUT2D eigenvalue weighted by Crippen LogP contribution is -2.49. The van der Waals surface area contributed by atoms with Gasteiger partial charge in [-0.3, -0.25) is 19.7 Å². The summed E-state index contributed by atoms with van der Waals surface area (Å²) in [5.41, 5.74) is 5.53. The van der Waals surface area contributed by atoms with Crippen LogP contribution in [0.5, 0.6) is 0 Å². The second-order valence-electron chi connectivity index (χ2n) is 14.8. The Bertz CT molecular complexity index is 1820. The van der Waals surface area contributed by atoms with Gasteiger partial charge in [-0.05, 0) is 52.3 Å². The highest BCUT2D eigenvalue weighted by atomic mass is 32.1. The van der Waals surface area contributed by atoms with E-state index in [9.17, 15) is 14.4 Å². The summed E-state index contributed by atoms with van der Waals surface area (Å²) < 4.78 is 16.8. The van der Waals surface area contributed by atoms with E-state index in [0.29, 0.717) is 69.8 Å². The average Bonchev–Trinajstić information content (AvgIpc) is 3.81. The first-order chi connectivity index (χ1) is 26.2. The summed E-state index contributed by atoms with van der Waals surface area (Å²) >= 11 is 1.34. The van der Waals surface area contributed by atoms with Crippen LogP contribution >= 0.6 is 11.3 Å². The van der Waals surface area contributed by atoms with E-state index in [1.807, 2.05) is 53.4 Å². The molecule has 54 heavy (non-hydrogen) atoms. The van der Waals surface area contributed by atoms with E-state index in [2.05, 4.69) is 60.2 Å². The van der Waals surface area contributed by atoms with Gasteiger partial charge in [-0.2, -0.15) is 0 Å². The first-order valence-corrected chi connectivity index (χ1v) is 19.6. The molecular formula is C42H51N5O6S. The third-order valence-electron chi connectivity index (χ3n) is 9.68. The molecule has 286 valence electrons. The number of anilines is 2. The van der Waals surface area contributed by atoms with E-state index in [1.165, 1.54) is 11.3 Å². The number of aromatic nitrogens is 1. The first-order valence-electron chi connectivity index (χ1n) is 18.7. The van der Waals surface area contributed by atoms with Gasteiger partial charge in [0.2, 0.25) is 5.91 Å². The second-order valence-corrected chi connectivity index (χ2v) is 15.7. The summed E-state index contributed by atoms with van der Waals surface area (Å²) in [4.78, 5) is 50.3. The van der Waals surface area contributed by atoms with E-state index in [0.717, 1.165) is 54.1 Å². The number of nitrogens with zero attached hydrogens (tertiary/aromatic N) is 4. The molecule has 3 amide bonds. The molecular weight excluding hydrogens is 703 g/mol. The van der Waals surface area contributed by atoms with Crippen LogP contribution in [0.1, 0.15) is 61.1 Å². The van der Waals surface area contributed by atoms with Crippen LogP contribution in [0, 0.1) is 5.41 Å². The van der Waals surface area contributed by atoms with Gasteiger partial charge in [0.1, 0.15) is 6.04 Å². The molecule has 12 heteroatoms. The van der Waals surface area contributed by atoms with Gasteiger partial charge in [-0.1, -0.05) is 75.4 Å². The van der Waals surface area contributed by atoms with E-state index in [1.54, 1.807) is 16.5 Å². The van der Waals surface area contributed by atoms with Gasteiger partial charge < -0.3 is 28.9 Å². The van der Waals surface area contributed by atoms with Crippen LogP contribution in [0.3, 0.4) is 0 Å². The van der Waals surface area contributed by atoms with Crippen molar-refractivity contribution in [3.8, 4) is 11.1 Å². The average molecular weight is 754 g/mol. The minimum absolute atomic E-state index is 0.109. The van der Waals surface area contributed by atoms with E-state index in [4.69, 9.17) is 14.2 Å². The van der Waals surface area contributed by atoms with Gasteiger partial charge in [-0.25, -0.2) is 4.98 Å². The molecule has 3 aromatic carbocycles. The zero-order chi connectivity index (χ0) is 37.9. The molecule has 2 aliphatic rings. The molecule has 3 heterocycles. The molecule has 4 aromatic rings. The van der Waals surface area contributed by atoms with Crippen molar-refractivity contribution >= 4 is 39.9 Å². The van der Waals surface area contributed by atoms with Gasteiger partial charge in [0.05, 0.1) is 39.5 Å². The molecule has 0 radical (unpaired) electrons. The predicted molar refractivity (Wildman–Crippen MR) is 212 cm³/mol. The zero-order valence-corrected chi connectivity index (χ0v) is 32.3.